The molecule has 1 fully saturated rings. The predicted molar refractivity (Wildman–Crippen MR) is 138 cm³/mol. The highest BCUT2D eigenvalue weighted by molar-refractivity contribution is 5.94. The second kappa shape index (κ2) is 11.7. The molecule has 0 saturated heterocycles. The van der Waals surface area contributed by atoms with Crippen LogP contribution >= 0.6 is 0 Å². The number of unbranched alkanes of at least 4 members (excludes halogenated alkanes) is 1. The van der Waals surface area contributed by atoms with Crippen LogP contribution in [0.1, 0.15) is 90.3 Å². The van der Waals surface area contributed by atoms with Gasteiger partial charge in [0.15, 0.2) is 0 Å². The second-order valence-electron chi connectivity index (χ2n) is 10.8. The topological polar surface area (TPSA) is 67.2 Å². The van der Waals surface area contributed by atoms with Gasteiger partial charge in [0, 0.05) is 24.4 Å². The Morgan fingerprint density at radius 1 is 1.15 bits per heavy atom. The molecule has 6 heteroatoms. The van der Waals surface area contributed by atoms with E-state index >= 15 is 0 Å². The molecule has 34 heavy (non-hydrogen) atoms. The molecule has 1 N–H and O–H groups in total. The smallest absolute Gasteiger partial charge is 0.245 e. The van der Waals surface area contributed by atoms with Crippen molar-refractivity contribution in [1.82, 2.24) is 14.7 Å². The molecule has 0 radical (unpaired) electrons. The Bertz CT molecular complexity index is 950. The average Bonchev–Trinajstić information content (AvgIpc) is 3.45. The summed E-state index contributed by atoms with van der Waals surface area (Å²) in [4.78, 5) is 27.8. The van der Waals surface area contributed by atoms with Gasteiger partial charge in [0.2, 0.25) is 11.8 Å². The summed E-state index contributed by atoms with van der Waals surface area (Å²) >= 11 is 0. The maximum Gasteiger partial charge on any atom is 0.245 e. The summed E-state index contributed by atoms with van der Waals surface area (Å²) < 4.78 is 1.79. The van der Waals surface area contributed by atoms with Gasteiger partial charge in [-0.25, -0.2) is 4.68 Å². The predicted octanol–water partition coefficient (Wildman–Crippen LogP) is 6.02. The van der Waals surface area contributed by atoms with Crippen molar-refractivity contribution >= 4 is 17.6 Å². The molecule has 1 heterocycles. The summed E-state index contributed by atoms with van der Waals surface area (Å²) in [6, 6.07) is 10.0. The van der Waals surface area contributed by atoms with Gasteiger partial charge >= 0.3 is 0 Å². The molecule has 1 saturated carbocycles. The molecule has 2 amide bonds. The number of hydrogen-bond acceptors (Lipinski definition) is 3. The lowest BCUT2D eigenvalue weighted by Crippen LogP contribution is -2.39. The van der Waals surface area contributed by atoms with Crippen molar-refractivity contribution in [1.29, 1.82) is 0 Å². The van der Waals surface area contributed by atoms with E-state index in [4.69, 9.17) is 5.10 Å². The third kappa shape index (κ3) is 7.18. The zero-order chi connectivity index (χ0) is 24.7. The Morgan fingerprint density at radius 3 is 2.44 bits per heavy atom. The second-order valence-corrected chi connectivity index (χ2v) is 10.8. The van der Waals surface area contributed by atoms with Crippen LogP contribution in [0.5, 0.6) is 0 Å². The van der Waals surface area contributed by atoms with Crippen molar-refractivity contribution in [2.24, 2.45) is 5.92 Å². The van der Waals surface area contributed by atoms with Gasteiger partial charge in [-0.1, -0.05) is 77.5 Å². The summed E-state index contributed by atoms with van der Waals surface area (Å²) in [5.74, 6) is 1.22. The summed E-state index contributed by atoms with van der Waals surface area (Å²) in [6.45, 7) is 11.2. The Hall–Kier alpha value is -2.63. The molecule has 0 bridgehead atoms. The first-order valence-electron chi connectivity index (χ1n) is 12.9. The van der Waals surface area contributed by atoms with Crippen LogP contribution in [0, 0.1) is 12.8 Å². The highest BCUT2D eigenvalue weighted by atomic mass is 16.2. The Balaban J connectivity index is 1.73. The number of nitrogens with one attached hydrogen (secondary N) is 1. The average molecular weight is 467 g/mol. The SMILES string of the molecule is CCCCN(CC(=O)Nc1cc(C(C)(C)C)nn1-c1ccc(C)cc1)C(=O)CCC1CCCC1. The van der Waals surface area contributed by atoms with Crippen LogP contribution in [0.2, 0.25) is 0 Å². The fourth-order valence-electron chi connectivity index (χ4n) is 4.50. The summed E-state index contributed by atoms with van der Waals surface area (Å²) in [6.07, 6.45) is 8.41. The minimum Gasteiger partial charge on any atom is -0.333 e. The van der Waals surface area contributed by atoms with E-state index in [2.05, 4.69) is 33.0 Å². The van der Waals surface area contributed by atoms with Crippen LogP contribution in [0.3, 0.4) is 0 Å². The largest absolute Gasteiger partial charge is 0.333 e. The maximum atomic E-state index is 13.1. The molecule has 3 rings (SSSR count). The third-order valence-electron chi connectivity index (χ3n) is 6.73. The van der Waals surface area contributed by atoms with Gasteiger partial charge in [-0.15, -0.1) is 0 Å². The molecule has 1 aromatic carbocycles. The zero-order valence-corrected chi connectivity index (χ0v) is 21.7. The van der Waals surface area contributed by atoms with Crippen molar-refractivity contribution in [3.63, 3.8) is 0 Å². The van der Waals surface area contributed by atoms with Crippen LogP contribution in [0.4, 0.5) is 5.82 Å². The third-order valence-corrected chi connectivity index (χ3v) is 6.73. The highest BCUT2D eigenvalue weighted by Gasteiger charge is 2.24. The summed E-state index contributed by atoms with van der Waals surface area (Å²) in [7, 11) is 0. The molecule has 1 aromatic heterocycles. The monoisotopic (exact) mass is 466 g/mol. The lowest BCUT2D eigenvalue weighted by atomic mass is 9.92. The van der Waals surface area contributed by atoms with Crippen LogP contribution in [0.15, 0.2) is 30.3 Å². The van der Waals surface area contributed by atoms with E-state index in [9.17, 15) is 9.59 Å². The fraction of sp³-hybridized carbons (Fsp3) is 0.607. The van der Waals surface area contributed by atoms with E-state index < -0.39 is 0 Å². The van der Waals surface area contributed by atoms with Crippen LogP contribution in [-0.4, -0.2) is 39.6 Å². The number of amides is 2. The first kappa shape index (κ1) is 26.0. The van der Waals surface area contributed by atoms with Gasteiger partial charge in [-0.2, -0.15) is 5.10 Å². The maximum absolute atomic E-state index is 13.1. The van der Waals surface area contributed by atoms with E-state index in [0.29, 0.717) is 24.7 Å². The molecule has 1 aliphatic carbocycles. The van der Waals surface area contributed by atoms with E-state index in [1.165, 1.54) is 31.2 Å². The number of rotatable bonds is 10. The first-order chi connectivity index (χ1) is 16.2. The molecular weight excluding hydrogens is 424 g/mol. The van der Waals surface area contributed by atoms with Gasteiger partial charge in [-0.05, 0) is 37.8 Å². The standard InChI is InChI=1S/C28H42N4O2/c1-6-7-18-31(27(34)17-14-22-10-8-9-11-22)20-26(33)29-25-19-24(28(3,4)5)30-32(25)23-15-12-21(2)13-16-23/h12-13,15-16,19,22H,6-11,14,17-18,20H2,1-5H3,(H,29,33). The molecule has 6 nitrogen and oxygen atoms in total. The summed E-state index contributed by atoms with van der Waals surface area (Å²) in [5.41, 5.74) is 2.81. The molecule has 186 valence electrons. The number of hydrogen-bond donors (Lipinski definition) is 1. The Morgan fingerprint density at radius 2 is 1.82 bits per heavy atom. The lowest BCUT2D eigenvalue weighted by molar-refractivity contribution is -0.135. The van der Waals surface area contributed by atoms with E-state index in [0.717, 1.165) is 30.6 Å². The quantitative estimate of drug-likeness (QED) is 0.466. The molecule has 1 aliphatic rings. The van der Waals surface area contributed by atoms with Crippen molar-refractivity contribution < 1.29 is 9.59 Å². The van der Waals surface area contributed by atoms with Crippen LogP contribution < -0.4 is 5.32 Å². The minimum atomic E-state index is -0.181. The zero-order valence-electron chi connectivity index (χ0n) is 21.7. The molecule has 0 aliphatic heterocycles. The molecule has 2 aromatic rings. The number of nitrogens with zero attached hydrogens (tertiary/aromatic N) is 3. The Labute approximate surface area is 205 Å². The van der Waals surface area contributed by atoms with Crippen LogP contribution in [0.25, 0.3) is 5.69 Å². The number of aromatic nitrogens is 2. The van der Waals surface area contributed by atoms with E-state index in [1.807, 2.05) is 37.3 Å². The van der Waals surface area contributed by atoms with Crippen molar-refractivity contribution in [2.75, 3.05) is 18.4 Å². The van der Waals surface area contributed by atoms with E-state index in [-0.39, 0.29) is 23.8 Å². The minimum absolute atomic E-state index is 0.0768. The highest BCUT2D eigenvalue weighted by Crippen LogP contribution is 2.29. The number of carbonyl (C=O) groups excluding carboxylic acids is 2. The number of carbonyl (C=O) groups is 2. The van der Waals surface area contributed by atoms with Gasteiger partial charge < -0.3 is 10.2 Å². The fourth-order valence-corrected chi connectivity index (χ4v) is 4.50. The normalized spacial score (nSPS) is 14.4. The summed E-state index contributed by atoms with van der Waals surface area (Å²) in [5, 5.41) is 7.84. The lowest BCUT2D eigenvalue weighted by Gasteiger charge is -2.23. The van der Waals surface area contributed by atoms with Crippen molar-refractivity contribution in [2.45, 2.75) is 91.4 Å². The van der Waals surface area contributed by atoms with Gasteiger partial charge in [0.1, 0.15) is 5.82 Å². The first-order valence-corrected chi connectivity index (χ1v) is 12.9. The van der Waals surface area contributed by atoms with Gasteiger partial charge in [0.25, 0.3) is 0 Å². The molecule has 0 spiro atoms. The molecule has 0 atom stereocenters. The van der Waals surface area contributed by atoms with Crippen LogP contribution in [-0.2, 0) is 15.0 Å². The van der Waals surface area contributed by atoms with Gasteiger partial charge in [0.05, 0.1) is 17.9 Å². The van der Waals surface area contributed by atoms with Crippen molar-refractivity contribution in [3.8, 4) is 5.69 Å². The number of aryl methyl sites for hydroxylation is 1. The van der Waals surface area contributed by atoms with Crippen molar-refractivity contribution in [3.05, 3.63) is 41.6 Å². The van der Waals surface area contributed by atoms with E-state index in [1.54, 1.807) is 9.58 Å². The molecular formula is C28H42N4O2. The molecule has 0 unspecified atom stereocenters. The Kier molecular flexibility index (Phi) is 8.92. The number of benzene rings is 1. The number of anilines is 1. The van der Waals surface area contributed by atoms with Gasteiger partial charge in [-0.3, -0.25) is 9.59 Å².